The van der Waals surface area contributed by atoms with Crippen molar-refractivity contribution in [2.75, 3.05) is 5.32 Å². The maximum Gasteiger partial charge on any atom is 0.128 e. The van der Waals surface area contributed by atoms with Crippen LogP contribution in [0.5, 0.6) is 0 Å². The van der Waals surface area contributed by atoms with Crippen LogP contribution < -0.4 is 10.6 Å². The van der Waals surface area contributed by atoms with E-state index in [-0.39, 0.29) is 11.9 Å². The molecule has 3 nitrogen and oxygen atoms in total. The van der Waals surface area contributed by atoms with Crippen LogP contribution in [0.3, 0.4) is 0 Å². The van der Waals surface area contributed by atoms with Crippen molar-refractivity contribution in [3.8, 4) is 0 Å². The molecule has 104 valence electrons. The van der Waals surface area contributed by atoms with Crippen molar-refractivity contribution in [2.24, 2.45) is 0 Å². The molecule has 0 amide bonds. The lowest BCUT2D eigenvalue weighted by atomic mass is 10.1. The Labute approximate surface area is 117 Å². The smallest absolute Gasteiger partial charge is 0.128 e. The first-order valence-corrected chi connectivity index (χ1v) is 6.73. The summed E-state index contributed by atoms with van der Waals surface area (Å²) in [7, 11) is 0. The minimum absolute atomic E-state index is 0.203. The van der Waals surface area contributed by atoms with E-state index < -0.39 is 6.23 Å². The second kappa shape index (κ2) is 5.61. The average Bonchev–Trinajstić information content (AvgIpc) is 2.91. The Morgan fingerprint density at radius 1 is 1.20 bits per heavy atom. The van der Waals surface area contributed by atoms with Crippen molar-refractivity contribution in [2.45, 2.75) is 25.2 Å². The van der Waals surface area contributed by atoms with Gasteiger partial charge in [0.15, 0.2) is 0 Å². The number of rotatable bonds is 4. The Kier molecular flexibility index (Phi) is 3.67. The van der Waals surface area contributed by atoms with Crippen LogP contribution in [-0.2, 0) is 13.0 Å². The maximum atomic E-state index is 13.6. The zero-order chi connectivity index (χ0) is 13.9. The summed E-state index contributed by atoms with van der Waals surface area (Å²) in [6.07, 6.45) is -0.229. The van der Waals surface area contributed by atoms with E-state index in [0.717, 1.165) is 11.3 Å². The van der Waals surface area contributed by atoms with Crippen molar-refractivity contribution in [3.05, 3.63) is 65.5 Å². The van der Waals surface area contributed by atoms with E-state index in [1.54, 1.807) is 6.07 Å². The lowest BCUT2D eigenvalue weighted by Gasteiger charge is -2.20. The Bertz CT molecular complexity index is 588. The van der Waals surface area contributed by atoms with Crippen molar-refractivity contribution in [1.82, 2.24) is 5.32 Å². The van der Waals surface area contributed by atoms with Gasteiger partial charge in [-0.1, -0.05) is 36.4 Å². The fourth-order valence-corrected chi connectivity index (χ4v) is 2.52. The fraction of sp³-hybridized carbons (Fsp3) is 0.250. The molecule has 3 rings (SSSR count). The van der Waals surface area contributed by atoms with E-state index in [1.807, 2.05) is 36.4 Å². The van der Waals surface area contributed by atoms with Crippen LogP contribution in [0.2, 0.25) is 0 Å². The first-order chi connectivity index (χ1) is 9.74. The van der Waals surface area contributed by atoms with Crippen molar-refractivity contribution in [1.29, 1.82) is 0 Å². The van der Waals surface area contributed by atoms with Gasteiger partial charge in [-0.05, 0) is 17.7 Å². The predicted molar refractivity (Wildman–Crippen MR) is 76.8 cm³/mol. The topological polar surface area (TPSA) is 44.3 Å². The highest BCUT2D eigenvalue weighted by atomic mass is 19.1. The highest BCUT2D eigenvalue weighted by Gasteiger charge is 2.28. The first kappa shape index (κ1) is 13.1. The molecule has 2 unspecified atom stereocenters. The van der Waals surface area contributed by atoms with Crippen LogP contribution in [0.15, 0.2) is 48.5 Å². The van der Waals surface area contributed by atoms with Gasteiger partial charge in [-0.2, -0.15) is 0 Å². The lowest BCUT2D eigenvalue weighted by molar-refractivity contribution is 0.116. The SMILES string of the molecule is OC(NCc1ccccc1)C1Cc2c(F)cccc2N1. The molecule has 0 spiro atoms. The monoisotopic (exact) mass is 272 g/mol. The van der Waals surface area contributed by atoms with Crippen LogP contribution in [0.1, 0.15) is 11.1 Å². The van der Waals surface area contributed by atoms with E-state index in [2.05, 4.69) is 10.6 Å². The molecule has 0 bridgehead atoms. The zero-order valence-electron chi connectivity index (χ0n) is 11.0. The van der Waals surface area contributed by atoms with Gasteiger partial charge >= 0.3 is 0 Å². The molecule has 0 fully saturated rings. The van der Waals surface area contributed by atoms with Gasteiger partial charge < -0.3 is 10.4 Å². The average molecular weight is 272 g/mol. The van der Waals surface area contributed by atoms with Gasteiger partial charge in [0, 0.05) is 24.2 Å². The molecule has 0 aliphatic carbocycles. The highest BCUT2D eigenvalue weighted by molar-refractivity contribution is 5.57. The van der Waals surface area contributed by atoms with Crippen molar-refractivity contribution in [3.63, 3.8) is 0 Å². The standard InChI is InChI=1S/C16H17FN2O/c17-13-7-4-8-14-12(13)9-15(19-14)16(20)18-10-11-5-2-1-3-6-11/h1-8,15-16,18-20H,9-10H2. The minimum Gasteiger partial charge on any atom is -0.378 e. The molecule has 2 aromatic rings. The summed E-state index contributed by atoms with van der Waals surface area (Å²) >= 11 is 0. The Hall–Kier alpha value is -1.91. The Balaban J connectivity index is 1.60. The van der Waals surface area contributed by atoms with E-state index in [0.29, 0.717) is 18.5 Å². The third-order valence-electron chi connectivity index (χ3n) is 3.62. The van der Waals surface area contributed by atoms with Crippen LogP contribution >= 0.6 is 0 Å². The number of fused-ring (bicyclic) bond motifs is 1. The molecule has 2 aromatic carbocycles. The van der Waals surface area contributed by atoms with Crippen LogP contribution in [0.4, 0.5) is 10.1 Å². The molecule has 0 saturated carbocycles. The number of halogens is 1. The Morgan fingerprint density at radius 3 is 2.75 bits per heavy atom. The van der Waals surface area contributed by atoms with E-state index in [4.69, 9.17) is 0 Å². The number of hydrogen-bond donors (Lipinski definition) is 3. The number of aliphatic hydroxyl groups is 1. The highest BCUT2D eigenvalue weighted by Crippen LogP contribution is 2.28. The van der Waals surface area contributed by atoms with E-state index in [1.165, 1.54) is 6.07 Å². The number of benzene rings is 2. The summed E-state index contributed by atoms with van der Waals surface area (Å²) in [5.74, 6) is -0.215. The molecular weight excluding hydrogens is 255 g/mol. The van der Waals surface area contributed by atoms with Gasteiger partial charge in [-0.3, -0.25) is 5.32 Å². The summed E-state index contributed by atoms with van der Waals surface area (Å²) < 4.78 is 13.6. The van der Waals surface area contributed by atoms with Crippen molar-refractivity contribution >= 4 is 5.69 Å². The third kappa shape index (κ3) is 2.66. The van der Waals surface area contributed by atoms with Crippen molar-refractivity contribution < 1.29 is 9.50 Å². The number of aliphatic hydroxyl groups excluding tert-OH is 1. The first-order valence-electron chi connectivity index (χ1n) is 6.73. The summed E-state index contributed by atoms with van der Waals surface area (Å²) in [6, 6.07) is 14.6. The van der Waals surface area contributed by atoms with E-state index in [9.17, 15) is 9.50 Å². The number of anilines is 1. The molecule has 0 radical (unpaired) electrons. The maximum absolute atomic E-state index is 13.6. The molecule has 1 aliphatic rings. The van der Waals surface area contributed by atoms with Crippen LogP contribution in [0, 0.1) is 5.82 Å². The molecule has 20 heavy (non-hydrogen) atoms. The zero-order valence-corrected chi connectivity index (χ0v) is 11.0. The van der Waals surface area contributed by atoms with Gasteiger partial charge in [0.2, 0.25) is 0 Å². The van der Waals surface area contributed by atoms with Gasteiger partial charge in [0.25, 0.3) is 0 Å². The second-order valence-electron chi connectivity index (χ2n) is 5.03. The molecule has 4 heteroatoms. The molecule has 1 heterocycles. The summed E-state index contributed by atoms with van der Waals surface area (Å²) in [4.78, 5) is 0. The predicted octanol–water partition coefficient (Wildman–Crippen LogP) is 2.27. The fourth-order valence-electron chi connectivity index (χ4n) is 2.52. The van der Waals surface area contributed by atoms with Gasteiger partial charge in [0.1, 0.15) is 12.0 Å². The molecule has 0 aromatic heterocycles. The molecule has 0 saturated heterocycles. The van der Waals surface area contributed by atoms with Gasteiger partial charge in [-0.15, -0.1) is 0 Å². The third-order valence-corrected chi connectivity index (χ3v) is 3.62. The van der Waals surface area contributed by atoms with E-state index >= 15 is 0 Å². The van der Waals surface area contributed by atoms with Gasteiger partial charge in [-0.25, -0.2) is 4.39 Å². The minimum atomic E-state index is -0.720. The largest absolute Gasteiger partial charge is 0.378 e. The molecule has 2 atom stereocenters. The molecule has 3 N–H and O–H groups in total. The normalized spacial score (nSPS) is 18.4. The summed E-state index contributed by atoms with van der Waals surface area (Å²) in [5, 5.41) is 16.4. The van der Waals surface area contributed by atoms with Crippen LogP contribution in [0.25, 0.3) is 0 Å². The quantitative estimate of drug-likeness (QED) is 0.748. The molecule has 1 aliphatic heterocycles. The lowest BCUT2D eigenvalue weighted by Crippen LogP contribution is -2.42. The summed E-state index contributed by atoms with van der Waals surface area (Å²) in [6.45, 7) is 0.582. The molecular formula is C16H17FN2O. The van der Waals surface area contributed by atoms with Crippen LogP contribution in [-0.4, -0.2) is 17.4 Å². The second-order valence-corrected chi connectivity index (χ2v) is 5.03. The number of nitrogens with one attached hydrogen (secondary N) is 2. The Morgan fingerprint density at radius 2 is 2.00 bits per heavy atom. The van der Waals surface area contributed by atoms with Gasteiger partial charge in [0.05, 0.1) is 6.04 Å². The summed E-state index contributed by atoms with van der Waals surface area (Å²) in [5.41, 5.74) is 2.53. The number of hydrogen-bond acceptors (Lipinski definition) is 3.